The van der Waals surface area contributed by atoms with Crippen LogP contribution in [0.25, 0.3) is 0 Å². The number of halogens is 2. The SMILES string of the molecule is Cc1ccc(C(C)Nc2cc(Cl)c(Cl)cc2[N+](=O)[O-])cc1. The number of nitrogens with one attached hydrogen (secondary N) is 1. The molecular formula is C15H14Cl2N2O2. The van der Waals surface area contributed by atoms with Crippen LogP contribution in [0.4, 0.5) is 11.4 Å². The molecule has 1 atom stereocenters. The van der Waals surface area contributed by atoms with Crippen molar-refractivity contribution in [3.63, 3.8) is 0 Å². The molecule has 0 fully saturated rings. The van der Waals surface area contributed by atoms with E-state index in [9.17, 15) is 10.1 Å². The third-order valence-corrected chi connectivity index (χ3v) is 3.91. The van der Waals surface area contributed by atoms with Crippen molar-refractivity contribution in [3.05, 3.63) is 67.7 Å². The van der Waals surface area contributed by atoms with E-state index in [2.05, 4.69) is 5.32 Å². The molecule has 0 saturated heterocycles. The van der Waals surface area contributed by atoms with Crippen LogP contribution >= 0.6 is 23.2 Å². The lowest BCUT2D eigenvalue weighted by Crippen LogP contribution is -2.08. The Hall–Kier alpha value is -1.78. The van der Waals surface area contributed by atoms with Gasteiger partial charge in [-0.2, -0.15) is 0 Å². The van der Waals surface area contributed by atoms with Gasteiger partial charge in [-0.3, -0.25) is 10.1 Å². The second-order valence-electron chi connectivity index (χ2n) is 4.82. The van der Waals surface area contributed by atoms with Gasteiger partial charge in [0.1, 0.15) is 5.69 Å². The standard InChI is InChI=1S/C15H14Cl2N2O2/c1-9-3-5-11(6-4-9)10(2)18-14-7-12(16)13(17)8-15(14)19(20)21/h3-8,10,18H,1-2H3. The molecule has 0 aliphatic carbocycles. The molecule has 0 saturated carbocycles. The van der Waals surface area contributed by atoms with E-state index >= 15 is 0 Å². The molecule has 21 heavy (non-hydrogen) atoms. The van der Waals surface area contributed by atoms with Crippen LogP contribution in [0.3, 0.4) is 0 Å². The maximum absolute atomic E-state index is 11.1. The van der Waals surface area contributed by atoms with Crippen molar-refractivity contribution in [1.82, 2.24) is 0 Å². The number of benzene rings is 2. The maximum atomic E-state index is 11.1. The van der Waals surface area contributed by atoms with Gasteiger partial charge in [-0.05, 0) is 25.5 Å². The summed E-state index contributed by atoms with van der Waals surface area (Å²) in [5.74, 6) is 0. The minimum Gasteiger partial charge on any atom is -0.373 e. The van der Waals surface area contributed by atoms with Gasteiger partial charge in [0, 0.05) is 12.1 Å². The van der Waals surface area contributed by atoms with Crippen LogP contribution in [0.1, 0.15) is 24.1 Å². The number of rotatable bonds is 4. The van der Waals surface area contributed by atoms with Gasteiger partial charge in [-0.1, -0.05) is 53.0 Å². The number of hydrogen-bond donors (Lipinski definition) is 1. The third-order valence-electron chi connectivity index (χ3n) is 3.18. The number of nitro benzene ring substituents is 1. The Bertz CT molecular complexity index is 672. The van der Waals surface area contributed by atoms with E-state index in [4.69, 9.17) is 23.2 Å². The molecule has 2 aromatic carbocycles. The molecule has 1 unspecified atom stereocenters. The van der Waals surface area contributed by atoms with Crippen molar-refractivity contribution in [2.24, 2.45) is 0 Å². The molecule has 0 aliphatic heterocycles. The van der Waals surface area contributed by atoms with E-state index in [1.807, 2.05) is 38.1 Å². The summed E-state index contributed by atoms with van der Waals surface area (Å²) in [5, 5.41) is 14.7. The van der Waals surface area contributed by atoms with Crippen LogP contribution in [-0.2, 0) is 0 Å². The zero-order chi connectivity index (χ0) is 15.6. The Labute approximate surface area is 132 Å². The Morgan fingerprint density at radius 2 is 1.71 bits per heavy atom. The first kappa shape index (κ1) is 15.6. The molecule has 6 heteroatoms. The van der Waals surface area contributed by atoms with Gasteiger partial charge in [0.2, 0.25) is 0 Å². The fourth-order valence-electron chi connectivity index (χ4n) is 1.97. The smallest absolute Gasteiger partial charge is 0.293 e. The Kier molecular flexibility index (Phi) is 4.70. The van der Waals surface area contributed by atoms with Crippen molar-refractivity contribution in [2.75, 3.05) is 5.32 Å². The normalized spacial score (nSPS) is 12.0. The van der Waals surface area contributed by atoms with Crippen LogP contribution in [0.2, 0.25) is 10.0 Å². The van der Waals surface area contributed by atoms with Gasteiger partial charge in [-0.15, -0.1) is 0 Å². The van der Waals surface area contributed by atoms with Crippen molar-refractivity contribution < 1.29 is 4.92 Å². The summed E-state index contributed by atoms with van der Waals surface area (Å²) in [4.78, 5) is 10.6. The highest BCUT2D eigenvalue weighted by molar-refractivity contribution is 6.42. The van der Waals surface area contributed by atoms with E-state index in [1.54, 1.807) is 0 Å². The summed E-state index contributed by atoms with van der Waals surface area (Å²) in [6.45, 7) is 3.93. The summed E-state index contributed by atoms with van der Waals surface area (Å²) >= 11 is 11.8. The summed E-state index contributed by atoms with van der Waals surface area (Å²) in [7, 11) is 0. The summed E-state index contributed by atoms with van der Waals surface area (Å²) in [6.07, 6.45) is 0. The van der Waals surface area contributed by atoms with Gasteiger partial charge < -0.3 is 5.32 Å². The number of aryl methyl sites for hydroxylation is 1. The number of hydrogen-bond acceptors (Lipinski definition) is 3. The molecule has 4 nitrogen and oxygen atoms in total. The van der Waals surface area contributed by atoms with E-state index < -0.39 is 4.92 Å². The van der Waals surface area contributed by atoms with E-state index in [-0.39, 0.29) is 21.8 Å². The van der Waals surface area contributed by atoms with Gasteiger partial charge in [0.25, 0.3) is 5.69 Å². The van der Waals surface area contributed by atoms with Crippen LogP contribution in [0, 0.1) is 17.0 Å². The minimum atomic E-state index is -0.480. The van der Waals surface area contributed by atoms with Gasteiger partial charge in [-0.25, -0.2) is 0 Å². The van der Waals surface area contributed by atoms with Crippen molar-refractivity contribution in [1.29, 1.82) is 0 Å². The second-order valence-corrected chi connectivity index (χ2v) is 5.63. The zero-order valence-corrected chi connectivity index (χ0v) is 13.1. The fraction of sp³-hybridized carbons (Fsp3) is 0.200. The fourth-order valence-corrected chi connectivity index (χ4v) is 2.30. The molecule has 0 amide bonds. The summed E-state index contributed by atoms with van der Waals surface area (Å²) < 4.78 is 0. The number of nitrogens with zero attached hydrogens (tertiary/aromatic N) is 1. The topological polar surface area (TPSA) is 55.2 Å². The van der Waals surface area contributed by atoms with Gasteiger partial charge in [0.15, 0.2) is 0 Å². The average molecular weight is 325 g/mol. The molecule has 0 aliphatic rings. The molecule has 0 bridgehead atoms. The van der Waals surface area contributed by atoms with Crippen molar-refractivity contribution in [3.8, 4) is 0 Å². The Morgan fingerprint density at radius 1 is 1.14 bits per heavy atom. The van der Waals surface area contributed by atoms with Crippen molar-refractivity contribution >= 4 is 34.6 Å². The van der Waals surface area contributed by atoms with Crippen LogP contribution in [0.5, 0.6) is 0 Å². The molecule has 2 aromatic rings. The zero-order valence-electron chi connectivity index (χ0n) is 11.6. The average Bonchev–Trinajstić information content (AvgIpc) is 2.43. The van der Waals surface area contributed by atoms with Crippen molar-refractivity contribution in [2.45, 2.75) is 19.9 Å². The third kappa shape index (κ3) is 3.65. The van der Waals surface area contributed by atoms with Gasteiger partial charge >= 0.3 is 0 Å². The lowest BCUT2D eigenvalue weighted by molar-refractivity contribution is -0.384. The first-order chi connectivity index (χ1) is 9.88. The highest BCUT2D eigenvalue weighted by atomic mass is 35.5. The Balaban J connectivity index is 2.32. The lowest BCUT2D eigenvalue weighted by atomic mass is 10.1. The molecule has 0 heterocycles. The molecule has 0 spiro atoms. The number of nitro groups is 1. The van der Waals surface area contributed by atoms with Gasteiger partial charge in [0.05, 0.1) is 15.0 Å². The summed E-state index contributed by atoms with van der Waals surface area (Å²) in [6, 6.07) is 10.6. The van der Waals surface area contributed by atoms with E-state index in [1.165, 1.54) is 12.1 Å². The molecule has 2 rings (SSSR count). The van der Waals surface area contributed by atoms with E-state index in [0.29, 0.717) is 5.69 Å². The molecular weight excluding hydrogens is 311 g/mol. The second kappa shape index (κ2) is 6.33. The van der Waals surface area contributed by atoms with Crippen LogP contribution < -0.4 is 5.32 Å². The van der Waals surface area contributed by atoms with E-state index in [0.717, 1.165) is 11.1 Å². The first-order valence-electron chi connectivity index (χ1n) is 6.35. The quantitative estimate of drug-likeness (QED) is 0.606. The molecule has 0 aromatic heterocycles. The maximum Gasteiger partial charge on any atom is 0.293 e. The van der Waals surface area contributed by atoms with Crippen LogP contribution in [-0.4, -0.2) is 4.92 Å². The first-order valence-corrected chi connectivity index (χ1v) is 7.10. The minimum absolute atomic E-state index is 0.0941. The molecule has 110 valence electrons. The molecule has 1 N–H and O–H groups in total. The monoisotopic (exact) mass is 324 g/mol. The highest BCUT2D eigenvalue weighted by Crippen LogP contribution is 2.35. The molecule has 0 radical (unpaired) electrons. The van der Waals surface area contributed by atoms with Crippen LogP contribution in [0.15, 0.2) is 36.4 Å². The lowest BCUT2D eigenvalue weighted by Gasteiger charge is -2.16. The Morgan fingerprint density at radius 3 is 2.29 bits per heavy atom. The largest absolute Gasteiger partial charge is 0.373 e. The summed E-state index contributed by atoms with van der Waals surface area (Å²) in [5.41, 5.74) is 2.44. The predicted molar refractivity (Wildman–Crippen MR) is 86.3 cm³/mol. The number of anilines is 1. The highest BCUT2D eigenvalue weighted by Gasteiger charge is 2.18. The predicted octanol–water partition coefficient (Wildman–Crippen LogP) is 5.38.